The highest BCUT2D eigenvalue weighted by Gasteiger charge is 2.46. The lowest BCUT2D eigenvalue weighted by Gasteiger charge is -2.10. The van der Waals surface area contributed by atoms with Crippen molar-refractivity contribution in [2.45, 2.75) is 12.7 Å². The standard InChI is InChI=1S/C26H17F4N3O/c27-22-12-6-4-8-17(22)15-32-16-18(20-11-5-7-13-23(20)32)14-21-24(26(28,29)30)31-33(25(21)34)19-9-2-1-3-10-19/h1-14,16H,15H2/b21-14-. The number of amides is 1. The van der Waals surface area contributed by atoms with Gasteiger partial charge in [0.15, 0.2) is 5.71 Å². The summed E-state index contributed by atoms with van der Waals surface area (Å²) < 4.78 is 57.5. The Hall–Kier alpha value is -4.20. The molecular formula is C26H17F4N3O. The fourth-order valence-corrected chi connectivity index (χ4v) is 3.98. The Morgan fingerprint density at radius 1 is 0.882 bits per heavy atom. The van der Waals surface area contributed by atoms with Crippen LogP contribution in [-0.2, 0) is 11.3 Å². The van der Waals surface area contributed by atoms with E-state index >= 15 is 0 Å². The number of hydrogen-bond acceptors (Lipinski definition) is 2. The van der Waals surface area contributed by atoms with E-state index in [1.54, 1.807) is 71.4 Å². The number of carbonyl (C=O) groups excluding carboxylic acids is 1. The highest BCUT2D eigenvalue weighted by Crippen LogP contribution is 2.34. The second-order valence-corrected chi connectivity index (χ2v) is 7.78. The molecule has 5 rings (SSSR count). The Balaban J connectivity index is 1.62. The molecule has 3 aromatic carbocycles. The highest BCUT2D eigenvalue weighted by atomic mass is 19.4. The van der Waals surface area contributed by atoms with Crippen LogP contribution in [0.3, 0.4) is 0 Å². The number of fused-ring (bicyclic) bond motifs is 1. The van der Waals surface area contributed by atoms with Crippen molar-refractivity contribution in [3.8, 4) is 0 Å². The van der Waals surface area contributed by atoms with Crippen molar-refractivity contribution in [3.63, 3.8) is 0 Å². The van der Waals surface area contributed by atoms with Gasteiger partial charge in [0, 0.05) is 28.2 Å². The Kier molecular flexibility index (Phi) is 5.28. The average Bonchev–Trinajstić information content (AvgIpc) is 3.34. The number of hydrazone groups is 1. The van der Waals surface area contributed by atoms with Crippen LogP contribution in [0.4, 0.5) is 23.2 Å². The molecule has 0 spiro atoms. The number of alkyl halides is 3. The predicted octanol–water partition coefficient (Wildman–Crippen LogP) is 6.18. The number of para-hydroxylation sites is 2. The molecule has 0 radical (unpaired) electrons. The molecule has 8 heteroatoms. The molecule has 2 heterocycles. The van der Waals surface area contributed by atoms with Crippen molar-refractivity contribution in [3.05, 3.63) is 108 Å². The molecule has 4 aromatic rings. The van der Waals surface area contributed by atoms with Gasteiger partial charge in [-0.15, -0.1) is 0 Å². The van der Waals surface area contributed by atoms with E-state index in [4.69, 9.17) is 0 Å². The molecule has 1 aliphatic heterocycles. The van der Waals surface area contributed by atoms with Gasteiger partial charge in [0.05, 0.1) is 17.8 Å². The third-order valence-electron chi connectivity index (χ3n) is 5.56. The summed E-state index contributed by atoms with van der Waals surface area (Å²) >= 11 is 0. The molecule has 0 unspecified atom stereocenters. The topological polar surface area (TPSA) is 37.6 Å². The van der Waals surface area contributed by atoms with Gasteiger partial charge >= 0.3 is 6.18 Å². The Bertz CT molecular complexity index is 1450. The molecule has 0 saturated heterocycles. The molecule has 4 nitrogen and oxygen atoms in total. The molecular weight excluding hydrogens is 446 g/mol. The molecule has 0 N–H and O–H groups in total. The summed E-state index contributed by atoms with van der Waals surface area (Å²) in [6, 6.07) is 21.3. The summed E-state index contributed by atoms with van der Waals surface area (Å²) in [6.07, 6.45) is -2.00. The fourth-order valence-electron chi connectivity index (χ4n) is 3.98. The Morgan fingerprint density at radius 2 is 1.56 bits per heavy atom. The molecule has 0 aliphatic carbocycles. The van der Waals surface area contributed by atoms with E-state index in [1.807, 2.05) is 0 Å². The second kappa shape index (κ2) is 8.30. The van der Waals surface area contributed by atoms with Gasteiger partial charge in [-0.2, -0.15) is 23.3 Å². The van der Waals surface area contributed by atoms with Gasteiger partial charge in [0.2, 0.25) is 0 Å². The maximum Gasteiger partial charge on any atom is 0.435 e. The van der Waals surface area contributed by atoms with Crippen LogP contribution < -0.4 is 5.01 Å². The lowest BCUT2D eigenvalue weighted by molar-refractivity contribution is -0.114. The summed E-state index contributed by atoms with van der Waals surface area (Å²) in [5, 5.41) is 5.00. The number of aromatic nitrogens is 1. The second-order valence-electron chi connectivity index (χ2n) is 7.78. The van der Waals surface area contributed by atoms with E-state index in [0.29, 0.717) is 22.0 Å². The lowest BCUT2D eigenvalue weighted by Crippen LogP contribution is -2.25. The lowest BCUT2D eigenvalue weighted by atomic mass is 10.1. The van der Waals surface area contributed by atoms with Gasteiger partial charge < -0.3 is 4.57 Å². The monoisotopic (exact) mass is 463 g/mol. The zero-order valence-corrected chi connectivity index (χ0v) is 17.6. The van der Waals surface area contributed by atoms with E-state index in [0.717, 1.165) is 5.01 Å². The summed E-state index contributed by atoms with van der Waals surface area (Å²) in [6.45, 7) is 0.181. The summed E-state index contributed by atoms with van der Waals surface area (Å²) in [4.78, 5) is 13.0. The minimum absolute atomic E-state index is 0.181. The van der Waals surface area contributed by atoms with Crippen LogP contribution in [0.1, 0.15) is 11.1 Å². The van der Waals surface area contributed by atoms with Crippen LogP contribution in [0, 0.1) is 5.82 Å². The Morgan fingerprint density at radius 3 is 2.29 bits per heavy atom. The van der Waals surface area contributed by atoms with E-state index < -0.39 is 23.4 Å². The number of nitrogens with zero attached hydrogens (tertiary/aromatic N) is 3. The van der Waals surface area contributed by atoms with Gasteiger partial charge in [-0.05, 0) is 30.3 Å². The van der Waals surface area contributed by atoms with Crippen molar-refractivity contribution >= 4 is 34.3 Å². The number of rotatable bonds is 4. The van der Waals surface area contributed by atoms with E-state index in [2.05, 4.69) is 5.10 Å². The molecule has 1 aliphatic rings. The maximum absolute atomic E-state index is 14.2. The predicted molar refractivity (Wildman–Crippen MR) is 123 cm³/mol. The minimum Gasteiger partial charge on any atom is -0.342 e. The van der Waals surface area contributed by atoms with Crippen LogP contribution in [0.2, 0.25) is 0 Å². The zero-order chi connectivity index (χ0) is 23.9. The van der Waals surface area contributed by atoms with Gasteiger partial charge in [-0.25, -0.2) is 4.39 Å². The first-order valence-electron chi connectivity index (χ1n) is 10.4. The number of hydrogen-bond donors (Lipinski definition) is 0. The van der Waals surface area contributed by atoms with Crippen LogP contribution in [0.5, 0.6) is 0 Å². The highest BCUT2D eigenvalue weighted by molar-refractivity contribution is 6.34. The van der Waals surface area contributed by atoms with Gasteiger partial charge in [0.1, 0.15) is 5.82 Å². The summed E-state index contributed by atoms with van der Waals surface area (Å²) in [7, 11) is 0. The zero-order valence-electron chi connectivity index (χ0n) is 17.6. The van der Waals surface area contributed by atoms with Crippen LogP contribution in [0.15, 0.2) is 95.7 Å². The third-order valence-corrected chi connectivity index (χ3v) is 5.56. The molecule has 170 valence electrons. The normalized spacial score (nSPS) is 15.4. The number of halogens is 4. The Labute approximate surface area is 192 Å². The first-order chi connectivity index (χ1) is 16.3. The van der Waals surface area contributed by atoms with E-state index in [1.165, 1.54) is 24.3 Å². The van der Waals surface area contributed by atoms with Crippen molar-refractivity contribution in [1.29, 1.82) is 0 Å². The molecule has 0 atom stereocenters. The van der Waals surface area contributed by atoms with Crippen LogP contribution in [-0.4, -0.2) is 22.4 Å². The van der Waals surface area contributed by atoms with Gasteiger partial charge in [0.25, 0.3) is 5.91 Å². The third kappa shape index (κ3) is 3.87. The molecule has 34 heavy (non-hydrogen) atoms. The smallest absolute Gasteiger partial charge is 0.342 e. The minimum atomic E-state index is -4.82. The molecule has 1 amide bonds. The van der Waals surface area contributed by atoms with Crippen molar-refractivity contribution < 1.29 is 22.4 Å². The summed E-state index contributed by atoms with van der Waals surface area (Å²) in [5.74, 6) is -1.25. The van der Waals surface area contributed by atoms with Gasteiger partial charge in [-0.3, -0.25) is 4.79 Å². The SMILES string of the molecule is O=C1/C(=C\c2cn(Cc3ccccc3F)c3ccccc23)C(C(F)(F)F)=NN1c1ccccc1. The summed E-state index contributed by atoms with van der Waals surface area (Å²) in [5.41, 5.74) is -0.0279. The van der Waals surface area contributed by atoms with Crippen molar-refractivity contribution in [2.24, 2.45) is 5.10 Å². The molecule has 0 bridgehead atoms. The fraction of sp³-hybridized carbons (Fsp3) is 0.0769. The average molecular weight is 463 g/mol. The van der Waals surface area contributed by atoms with Gasteiger partial charge in [-0.1, -0.05) is 54.6 Å². The number of carbonyl (C=O) groups is 1. The number of benzene rings is 3. The van der Waals surface area contributed by atoms with E-state index in [-0.39, 0.29) is 18.0 Å². The largest absolute Gasteiger partial charge is 0.435 e. The maximum atomic E-state index is 14.2. The first-order valence-corrected chi connectivity index (χ1v) is 10.4. The van der Waals surface area contributed by atoms with E-state index in [9.17, 15) is 22.4 Å². The first kappa shape index (κ1) is 21.6. The van der Waals surface area contributed by atoms with Crippen LogP contribution >= 0.6 is 0 Å². The molecule has 0 fully saturated rings. The molecule has 0 saturated carbocycles. The van der Waals surface area contributed by atoms with Crippen molar-refractivity contribution in [2.75, 3.05) is 5.01 Å². The molecule has 1 aromatic heterocycles. The quantitative estimate of drug-likeness (QED) is 0.263. The van der Waals surface area contributed by atoms with Crippen LogP contribution in [0.25, 0.3) is 17.0 Å². The number of anilines is 1. The van der Waals surface area contributed by atoms with Crippen molar-refractivity contribution in [1.82, 2.24) is 4.57 Å².